The van der Waals surface area contributed by atoms with E-state index >= 15 is 0 Å². The van der Waals surface area contributed by atoms with Crippen molar-refractivity contribution >= 4 is 46.3 Å². The number of benzene rings is 2. The summed E-state index contributed by atoms with van der Waals surface area (Å²) in [5.74, 6) is 1.61. The molecule has 1 saturated heterocycles. The van der Waals surface area contributed by atoms with Crippen LogP contribution in [0.4, 0.5) is 17.2 Å². The zero-order valence-electron chi connectivity index (χ0n) is 19.5. The molecule has 1 aromatic heterocycles. The van der Waals surface area contributed by atoms with Crippen molar-refractivity contribution in [2.75, 3.05) is 61.5 Å². The number of aromatic nitrogens is 1. The van der Waals surface area contributed by atoms with Gasteiger partial charge >= 0.3 is 0 Å². The molecule has 0 atom stereocenters. The maximum absolute atomic E-state index is 13.4. The number of hydrogen-bond acceptors (Lipinski definition) is 6. The van der Waals surface area contributed by atoms with Crippen LogP contribution in [-0.4, -0.2) is 62.2 Å². The third-order valence-electron chi connectivity index (χ3n) is 6.49. The van der Waals surface area contributed by atoms with Gasteiger partial charge in [-0.15, -0.1) is 0 Å². The van der Waals surface area contributed by atoms with Gasteiger partial charge in [-0.25, -0.2) is 4.98 Å². The number of para-hydroxylation sites is 2. The summed E-state index contributed by atoms with van der Waals surface area (Å²) in [7, 11) is 1.68. The molecule has 0 aliphatic carbocycles. The van der Waals surface area contributed by atoms with E-state index in [1.54, 1.807) is 19.4 Å². The minimum Gasteiger partial charge on any atom is -0.495 e. The molecule has 3 aromatic rings. The summed E-state index contributed by atoms with van der Waals surface area (Å²) in [5, 5.41) is 4.65. The monoisotopic (exact) mass is 511 g/mol. The molecule has 0 bridgehead atoms. The van der Waals surface area contributed by atoms with E-state index in [2.05, 4.69) is 26.2 Å². The van der Waals surface area contributed by atoms with Gasteiger partial charge in [-0.05, 0) is 42.0 Å². The molecule has 0 unspecified atom stereocenters. The minimum absolute atomic E-state index is 0.00807. The average Bonchev–Trinajstić information content (AvgIpc) is 2.90. The Kier molecular flexibility index (Phi) is 6.88. The van der Waals surface area contributed by atoms with E-state index in [-0.39, 0.29) is 5.91 Å². The molecule has 7 nitrogen and oxygen atoms in total. The lowest BCUT2D eigenvalue weighted by atomic mass is 10.1. The number of piperazine rings is 1. The van der Waals surface area contributed by atoms with Crippen LogP contribution in [0.15, 0.2) is 54.7 Å². The van der Waals surface area contributed by atoms with E-state index in [9.17, 15) is 4.79 Å². The maximum Gasteiger partial charge on any atom is 0.255 e. The maximum atomic E-state index is 13.4. The first-order valence-electron chi connectivity index (χ1n) is 11.6. The zero-order valence-corrected chi connectivity index (χ0v) is 21.0. The average molecular weight is 512 g/mol. The van der Waals surface area contributed by atoms with Gasteiger partial charge in [0.05, 0.1) is 24.0 Å². The standard InChI is InChI=1S/C26H27Cl2N5O2/c1-35-24-5-3-2-4-22(24)31-10-12-32(13-11-31)26(34)18-15-23-25(30-16-18)29-8-9-33(23)17-19-14-20(27)6-7-21(19)28/h2-7,14-16H,8-13,17H2,1H3,(H,29,30). The van der Waals surface area contributed by atoms with Crippen LogP contribution in [0, 0.1) is 0 Å². The molecule has 0 radical (unpaired) electrons. The van der Waals surface area contributed by atoms with Crippen LogP contribution in [0.2, 0.25) is 10.0 Å². The van der Waals surface area contributed by atoms with Crippen LogP contribution in [0.3, 0.4) is 0 Å². The van der Waals surface area contributed by atoms with Crippen LogP contribution in [0.5, 0.6) is 5.75 Å². The first kappa shape index (κ1) is 23.6. The Bertz CT molecular complexity index is 1230. The Hall–Kier alpha value is -3.16. The van der Waals surface area contributed by atoms with Gasteiger partial charge in [0.1, 0.15) is 11.6 Å². The van der Waals surface area contributed by atoms with E-state index in [1.165, 1.54) is 0 Å². The van der Waals surface area contributed by atoms with Crippen molar-refractivity contribution in [1.29, 1.82) is 0 Å². The van der Waals surface area contributed by atoms with E-state index in [0.29, 0.717) is 35.2 Å². The van der Waals surface area contributed by atoms with Gasteiger partial charge < -0.3 is 24.8 Å². The fourth-order valence-corrected chi connectivity index (χ4v) is 5.01. The molecule has 3 heterocycles. The second-order valence-electron chi connectivity index (χ2n) is 8.63. The van der Waals surface area contributed by atoms with Gasteiger partial charge in [-0.1, -0.05) is 35.3 Å². The number of fused-ring (bicyclic) bond motifs is 1. The number of methoxy groups -OCH3 is 1. The summed E-state index contributed by atoms with van der Waals surface area (Å²) < 4.78 is 5.50. The highest BCUT2D eigenvalue weighted by molar-refractivity contribution is 6.33. The minimum atomic E-state index is -0.00807. The van der Waals surface area contributed by atoms with Crippen molar-refractivity contribution in [3.63, 3.8) is 0 Å². The Labute approximate surface area is 215 Å². The van der Waals surface area contributed by atoms with Crippen LogP contribution >= 0.6 is 23.2 Å². The molecule has 2 aliphatic rings. The van der Waals surface area contributed by atoms with Crippen molar-refractivity contribution in [1.82, 2.24) is 9.88 Å². The highest BCUT2D eigenvalue weighted by Gasteiger charge is 2.26. The van der Waals surface area contributed by atoms with Crippen LogP contribution in [0.1, 0.15) is 15.9 Å². The Morgan fingerprint density at radius 3 is 2.63 bits per heavy atom. The molecule has 1 amide bonds. The third-order valence-corrected chi connectivity index (χ3v) is 7.09. The number of carbonyl (C=O) groups excluding carboxylic acids is 1. The molecule has 35 heavy (non-hydrogen) atoms. The molecule has 9 heteroatoms. The molecule has 5 rings (SSSR count). The number of amides is 1. The predicted octanol–water partition coefficient (Wildman–Crippen LogP) is 4.79. The SMILES string of the molecule is COc1ccccc1N1CCN(C(=O)c2cnc3c(c2)N(Cc2cc(Cl)ccc2Cl)CCN3)CC1. The smallest absolute Gasteiger partial charge is 0.255 e. The van der Waals surface area contributed by atoms with Crippen molar-refractivity contribution in [2.24, 2.45) is 0 Å². The summed E-state index contributed by atoms with van der Waals surface area (Å²) in [5.41, 5.74) is 3.47. The van der Waals surface area contributed by atoms with Crippen LogP contribution in [0.25, 0.3) is 0 Å². The number of nitrogens with one attached hydrogen (secondary N) is 1. The molecule has 1 fully saturated rings. The molecule has 182 valence electrons. The zero-order chi connectivity index (χ0) is 24.4. The lowest BCUT2D eigenvalue weighted by Gasteiger charge is -2.37. The fourth-order valence-electron chi connectivity index (χ4n) is 4.64. The van der Waals surface area contributed by atoms with Gasteiger partial charge in [-0.3, -0.25) is 4.79 Å². The number of ether oxygens (including phenoxy) is 1. The molecule has 2 aromatic carbocycles. The quantitative estimate of drug-likeness (QED) is 0.531. The molecular weight excluding hydrogens is 485 g/mol. The number of rotatable bonds is 5. The highest BCUT2D eigenvalue weighted by Crippen LogP contribution is 2.32. The Morgan fingerprint density at radius 2 is 1.83 bits per heavy atom. The summed E-state index contributed by atoms with van der Waals surface area (Å²) in [6.45, 7) is 4.87. The summed E-state index contributed by atoms with van der Waals surface area (Å²) in [6, 6.07) is 15.4. The lowest BCUT2D eigenvalue weighted by Crippen LogP contribution is -2.49. The third kappa shape index (κ3) is 4.97. The van der Waals surface area contributed by atoms with Gasteiger partial charge in [0, 0.05) is 62.1 Å². The number of pyridine rings is 1. The Balaban J connectivity index is 1.31. The number of halogens is 2. The topological polar surface area (TPSA) is 60.9 Å². The molecule has 0 spiro atoms. The highest BCUT2D eigenvalue weighted by atomic mass is 35.5. The summed E-state index contributed by atoms with van der Waals surface area (Å²) in [4.78, 5) is 24.3. The van der Waals surface area contributed by atoms with E-state index in [0.717, 1.165) is 54.7 Å². The second kappa shape index (κ2) is 10.2. The van der Waals surface area contributed by atoms with Gasteiger partial charge in [0.25, 0.3) is 5.91 Å². The van der Waals surface area contributed by atoms with Crippen LogP contribution in [-0.2, 0) is 6.54 Å². The molecular formula is C26H27Cl2N5O2. The van der Waals surface area contributed by atoms with Crippen molar-refractivity contribution in [3.05, 3.63) is 75.9 Å². The van der Waals surface area contributed by atoms with Crippen molar-refractivity contribution in [3.8, 4) is 5.75 Å². The fraction of sp³-hybridized carbons (Fsp3) is 0.308. The van der Waals surface area contributed by atoms with Crippen LogP contribution < -0.4 is 19.9 Å². The van der Waals surface area contributed by atoms with E-state index in [1.807, 2.05) is 41.3 Å². The predicted molar refractivity (Wildman–Crippen MR) is 141 cm³/mol. The number of hydrogen-bond donors (Lipinski definition) is 1. The largest absolute Gasteiger partial charge is 0.495 e. The molecule has 0 saturated carbocycles. The van der Waals surface area contributed by atoms with Gasteiger partial charge in [0.15, 0.2) is 0 Å². The lowest BCUT2D eigenvalue weighted by molar-refractivity contribution is 0.0746. The number of nitrogens with zero attached hydrogens (tertiary/aromatic N) is 4. The van der Waals surface area contributed by atoms with E-state index < -0.39 is 0 Å². The second-order valence-corrected chi connectivity index (χ2v) is 9.47. The first-order chi connectivity index (χ1) is 17.0. The molecule has 1 N–H and O–H groups in total. The van der Waals surface area contributed by atoms with Crippen molar-refractivity contribution < 1.29 is 9.53 Å². The summed E-state index contributed by atoms with van der Waals surface area (Å²) in [6.07, 6.45) is 1.66. The molecule has 2 aliphatic heterocycles. The van der Waals surface area contributed by atoms with E-state index in [4.69, 9.17) is 27.9 Å². The number of anilines is 3. The normalized spacial score (nSPS) is 15.5. The Morgan fingerprint density at radius 1 is 1.03 bits per heavy atom. The number of carbonyl (C=O) groups is 1. The summed E-state index contributed by atoms with van der Waals surface area (Å²) >= 11 is 12.6. The van der Waals surface area contributed by atoms with Crippen molar-refractivity contribution in [2.45, 2.75) is 6.54 Å². The van der Waals surface area contributed by atoms with Gasteiger partial charge in [-0.2, -0.15) is 0 Å². The van der Waals surface area contributed by atoms with Gasteiger partial charge in [0.2, 0.25) is 0 Å². The first-order valence-corrected chi connectivity index (χ1v) is 12.4.